The molecule has 0 bridgehead atoms. The van der Waals surface area contributed by atoms with Gasteiger partial charge in [-0.3, -0.25) is 4.90 Å². The van der Waals surface area contributed by atoms with Gasteiger partial charge in [0.15, 0.2) is 0 Å². The molecule has 1 aliphatic heterocycles. The molecule has 118 valence electrons. The second kappa shape index (κ2) is 6.23. The van der Waals surface area contributed by atoms with Crippen LogP contribution in [0.1, 0.15) is 11.1 Å². The van der Waals surface area contributed by atoms with Crippen molar-refractivity contribution in [3.63, 3.8) is 0 Å². The standard InChI is InChI=1S/C14H14F3N3O2/c1-9-2-3-11(14(15,16)17)4-12(9)20-6-10(5-18)7-22-8-19-13(20)21/h2-4,10H,6-8H2,1H3,(H,19,21). The minimum atomic E-state index is -4.50. The van der Waals surface area contributed by atoms with Crippen LogP contribution in [0.25, 0.3) is 0 Å². The summed E-state index contributed by atoms with van der Waals surface area (Å²) in [6.07, 6.45) is -4.50. The zero-order valence-electron chi connectivity index (χ0n) is 11.8. The highest BCUT2D eigenvalue weighted by atomic mass is 19.4. The number of anilines is 1. The minimum Gasteiger partial charge on any atom is -0.360 e. The Balaban J connectivity index is 2.42. The van der Waals surface area contributed by atoms with Gasteiger partial charge in [0.05, 0.1) is 24.2 Å². The average Bonchev–Trinajstić information content (AvgIpc) is 2.44. The van der Waals surface area contributed by atoms with E-state index in [2.05, 4.69) is 5.32 Å². The third-order valence-electron chi connectivity index (χ3n) is 3.30. The molecule has 1 unspecified atom stereocenters. The monoisotopic (exact) mass is 313 g/mol. The number of ether oxygens (including phenoxy) is 1. The summed E-state index contributed by atoms with van der Waals surface area (Å²) in [5, 5.41) is 11.5. The summed E-state index contributed by atoms with van der Waals surface area (Å²) >= 11 is 0. The Bertz CT molecular complexity index is 610. The lowest BCUT2D eigenvalue weighted by Crippen LogP contribution is -2.46. The Kier molecular flexibility index (Phi) is 4.56. The first-order valence-electron chi connectivity index (χ1n) is 6.53. The van der Waals surface area contributed by atoms with Crippen LogP contribution in [-0.4, -0.2) is 25.9 Å². The lowest BCUT2D eigenvalue weighted by molar-refractivity contribution is -0.137. The maximum Gasteiger partial charge on any atom is 0.416 e. The van der Waals surface area contributed by atoms with Crippen LogP contribution in [0.4, 0.5) is 23.7 Å². The van der Waals surface area contributed by atoms with Crippen molar-refractivity contribution in [1.29, 1.82) is 5.26 Å². The molecule has 0 aliphatic carbocycles. The molecule has 1 aromatic carbocycles. The van der Waals surface area contributed by atoms with E-state index in [0.29, 0.717) is 5.56 Å². The van der Waals surface area contributed by atoms with Gasteiger partial charge in [-0.1, -0.05) is 6.07 Å². The number of aryl methyl sites for hydroxylation is 1. The fraction of sp³-hybridized carbons (Fsp3) is 0.429. The number of nitriles is 1. The van der Waals surface area contributed by atoms with Gasteiger partial charge < -0.3 is 10.1 Å². The van der Waals surface area contributed by atoms with Crippen LogP contribution in [0.15, 0.2) is 18.2 Å². The summed E-state index contributed by atoms with van der Waals surface area (Å²) in [5.41, 5.74) is -0.191. The highest BCUT2D eigenvalue weighted by Gasteiger charge is 2.32. The van der Waals surface area contributed by atoms with Crippen LogP contribution in [0.3, 0.4) is 0 Å². The maximum atomic E-state index is 12.9. The molecule has 0 radical (unpaired) electrons. The van der Waals surface area contributed by atoms with Crippen molar-refractivity contribution in [2.75, 3.05) is 24.8 Å². The number of amides is 2. The predicted octanol–water partition coefficient (Wildman–Crippen LogP) is 2.66. The van der Waals surface area contributed by atoms with Gasteiger partial charge in [-0.25, -0.2) is 4.79 Å². The van der Waals surface area contributed by atoms with E-state index in [1.54, 1.807) is 6.92 Å². The number of urea groups is 1. The SMILES string of the molecule is Cc1ccc(C(F)(F)F)cc1N1CC(C#N)COCNC1=O. The molecule has 22 heavy (non-hydrogen) atoms. The third kappa shape index (κ3) is 3.49. The zero-order chi connectivity index (χ0) is 16.3. The summed E-state index contributed by atoms with van der Waals surface area (Å²) in [7, 11) is 0. The van der Waals surface area contributed by atoms with Crippen LogP contribution >= 0.6 is 0 Å². The van der Waals surface area contributed by atoms with E-state index in [4.69, 9.17) is 10.00 Å². The molecular formula is C14H14F3N3O2. The summed E-state index contributed by atoms with van der Waals surface area (Å²) in [5.74, 6) is -0.611. The lowest BCUT2D eigenvalue weighted by Gasteiger charge is -2.29. The summed E-state index contributed by atoms with van der Waals surface area (Å²) in [6, 6.07) is 4.59. The molecule has 1 N–H and O–H groups in total. The Labute approximate surface area is 125 Å². The Morgan fingerprint density at radius 1 is 1.45 bits per heavy atom. The largest absolute Gasteiger partial charge is 0.416 e. The molecule has 1 heterocycles. The van der Waals surface area contributed by atoms with E-state index in [0.717, 1.165) is 17.0 Å². The number of hydrogen-bond donors (Lipinski definition) is 1. The molecule has 1 fully saturated rings. The lowest BCUT2D eigenvalue weighted by atomic mass is 10.1. The first-order chi connectivity index (χ1) is 10.3. The smallest absolute Gasteiger partial charge is 0.360 e. The molecule has 1 saturated heterocycles. The number of nitrogens with zero attached hydrogens (tertiary/aromatic N) is 2. The number of nitrogens with one attached hydrogen (secondary N) is 1. The van der Waals surface area contributed by atoms with Gasteiger partial charge >= 0.3 is 12.2 Å². The highest BCUT2D eigenvalue weighted by molar-refractivity contribution is 5.93. The summed E-state index contributed by atoms with van der Waals surface area (Å²) in [6.45, 7) is 1.58. The maximum absolute atomic E-state index is 12.9. The molecule has 1 atom stereocenters. The van der Waals surface area contributed by atoms with Crippen molar-refractivity contribution in [3.05, 3.63) is 29.3 Å². The number of halogens is 3. The average molecular weight is 313 g/mol. The quantitative estimate of drug-likeness (QED) is 0.867. The number of rotatable bonds is 1. The number of hydrogen-bond acceptors (Lipinski definition) is 3. The normalized spacial score (nSPS) is 19.9. The van der Waals surface area contributed by atoms with Crippen molar-refractivity contribution in [2.45, 2.75) is 13.1 Å². The van der Waals surface area contributed by atoms with Crippen molar-refractivity contribution in [1.82, 2.24) is 5.32 Å². The molecule has 2 amide bonds. The van der Waals surface area contributed by atoms with Gasteiger partial charge in [-0.05, 0) is 24.6 Å². The number of carbonyl (C=O) groups excluding carboxylic acids is 1. The van der Waals surface area contributed by atoms with E-state index in [1.807, 2.05) is 6.07 Å². The van der Waals surface area contributed by atoms with Crippen LogP contribution < -0.4 is 10.2 Å². The van der Waals surface area contributed by atoms with Crippen LogP contribution in [0.5, 0.6) is 0 Å². The second-order valence-electron chi connectivity index (χ2n) is 4.93. The fourth-order valence-corrected chi connectivity index (χ4v) is 2.13. The van der Waals surface area contributed by atoms with E-state index in [9.17, 15) is 18.0 Å². The van der Waals surface area contributed by atoms with Crippen LogP contribution in [-0.2, 0) is 10.9 Å². The van der Waals surface area contributed by atoms with Crippen molar-refractivity contribution in [2.24, 2.45) is 5.92 Å². The molecule has 8 heteroatoms. The molecule has 2 rings (SSSR count). The fourth-order valence-electron chi connectivity index (χ4n) is 2.13. The van der Waals surface area contributed by atoms with E-state index in [1.165, 1.54) is 6.07 Å². The minimum absolute atomic E-state index is 0.0372. The number of alkyl halides is 3. The summed E-state index contributed by atoms with van der Waals surface area (Å²) in [4.78, 5) is 13.2. The molecular weight excluding hydrogens is 299 g/mol. The van der Waals surface area contributed by atoms with Gasteiger partial charge in [0, 0.05) is 12.2 Å². The number of carbonyl (C=O) groups is 1. The Morgan fingerprint density at radius 3 is 2.82 bits per heavy atom. The Morgan fingerprint density at radius 2 is 2.18 bits per heavy atom. The van der Waals surface area contributed by atoms with Gasteiger partial charge in [0.2, 0.25) is 0 Å². The zero-order valence-corrected chi connectivity index (χ0v) is 11.8. The molecule has 1 aromatic rings. The van der Waals surface area contributed by atoms with Crippen LogP contribution in [0, 0.1) is 24.2 Å². The molecule has 1 aliphatic rings. The molecule has 0 spiro atoms. The van der Waals surface area contributed by atoms with Crippen molar-refractivity contribution < 1.29 is 22.7 Å². The van der Waals surface area contributed by atoms with E-state index < -0.39 is 23.7 Å². The molecule has 0 saturated carbocycles. The van der Waals surface area contributed by atoms with E-state index in [-0.39, 0.29) is 25.6 Å². The highest BCUT2D eigenvalue weighted by Crippen LogP contribution is 2.33. The van der Waals surface area contributed by atoms with Gasteiger partial charge in [-0.15, -0.1) is 0 Å². The third-order valence-corrected chi connectivity index (χ3v) is 3.30. The first kappa shape index (κ1) is 16.1. The van der Waals surface area contributed by atoms with Crippen molar-refractivity contribution >= 4 is 11.7 Å². The Hall–Kier alpha value is -2.27. The first-order valence-corrected chi connectivity index (χ1v) is 6.53. The number of benzene rings is 1. The van der Waals surface area contributed by atoms with Crippen molar-refractivity contribution in [3.8, 4) is 6.07 Å². The predicted molar refractivity (Wildman–Crippen MR) is 72.0 cm³/mol. The van der Waals surface area contributed by atoms with Gasteiger partial charge in [0.25, 0.3) is 0 Å². The van der Waals surface area contributed by atoms with Gasteiger partial charge in [0.1, 0.15) is 6.73 Å². The molecule has 5 nitrogen and oxygen atoms in total. The van der Waals surface area contributed by atoms with Crippen LogP contribution in [0.2, 0.25) is 0 Å². The second-order valence-corrected chi connectivity index (χ2v) is 4.93. The van der Waals surface area contributed by atoms with E-state index >= 15 is 0 Å². The summed E-state index contributed by atoms with van der Waals surface area (Å²) < 4.78 is 43.7. The van der Waals surface area contributed by atoms with Gasteiger partial charge in [-0.2, -0.15) is 18.4 Å². The topological polar surface area (TPSA) is 65.4 Å². The molecule has 0 aromatic heterocycles.